The van der Waals surface area contributed by atoms with Crippen LogP contribution in [0, 0.1) is 6.92 Å². The average Bonchev–Trinajstić information content (AvgIpc) is 3.48. The van der Waals surface area contributed by atoms with Gasteiger partial charge in [-0.3, -0.25) is 14.3 Å². The van der Waals surface area contributed by atoms with Crippen molar-refractivity contribution in [3.8, 4) is 11.1 Å². The van der Waals surface area contributed by atoms with Crippen molar-refractivity contribution in [2.45, 2.75) is 39.7 Å². The highest BCUT2D eigenvalue weighted by Crippen LogP contribution is 2.34. The lowest BCUT2D eigenvalue weighted by molar-refractivity contribution is -0.117. The molecule has 0 unspecified atom stereocenters. The van der Waals surface area contributed by atoms with Crippen molar-refractivity contribution in [1.82, 2.24) is 9.78 Å². The Hall–Kier alpha value is -4.07. The monoisotopic (exact) mass is 488 g/mol. The molecule has 184 valence electrons. The Balaban J connectivity index is 1.52. The second kappa shape index (κ2) is 9.53. The van der Waals surface area contributed by atoms with E-state index in [0.717, 1.165) is 46.2 Å². The highest BCUT2D eigenvalue weighted by Gasteiger charge is 2.23. The fraction of sp³-hybridized carbons (Fsp3) is 0.250. The van der Waals surface area contributed by atoms with Crippen molar-refractivity contribution < 1.29 is 18.4 Å². The Morgan fingerprint density at radius 3 is 2.56 bits per heavy atom. The summed E-state index contributed by atoms with van der Waals surface area (Å²) in [6.07, 6.45) is -1.17. The van der Waals surface area contributed by atoms with E-state index in [1.807, 2.05) is 50.2 Å². The number of halogens is 2. The number of fused-ring (bicyclic) bond motifs is 1. The van der Waals surface area contributed by atoms with Crippen LogP contribution >= 0.6 is 0 Å². The van der Waals surface area contributed by atoms with Crippen LogP contribution in [0.3, 0.4) is 0 Å². The van der Waals surface area contributed by atoms with E-state index in [1.54, 1.807) is 15.6 Å². The Morgan fingerprint density at radius 1 is 1.11 bits per heavy atom. The van der Waals surface area contributed by atoms with Gasteiger partial charge in [-0.25, -0.2) is 8.78 Å². The molecule has 1 aliphatic heterocycles. The molecule has 0 bridgehead atoms. The van der Waals surface area contributed by atoms with Crippen LogP contribution in [0.4, 0.5) is 20.2 Å². The topological polar surface area (TPSA) is 67.2 Å². The zero-order valence-corrected chi connectivity index (χ0v) is 20.1. The molecular formula is C28H26F2N4O2. The maximum absolute atomic E-state index is 13.2. The average molecular weight is 489 g/mol. The van der Waals surface area contributed by atoms with Gasteiger partial charge >= 0.3 is 0 Å². The zero-order valence-electron chi connectivity index (χ0n) is 20.1. The molecule has 5 rings (SSSR count). The van der Waals surface area contributed by atoms with Gasteiger partial charge in [0.1, 0.15) is 0 Å². The first-order chi connectivity index (χ1) is 17.4. The number of amides is 2. The van der Waals surface area contributed by atoms with Gasteiger partial charge in [-0.2, -0.15) is 5.10 Å². The molecular weight excluding hydrogens is 462 g/mol. The van der Waals surface area contributed by atoms with Gasteiger partial charge in [-0.05, 0) is 67.3 Å². The van der Waals surface area contributed by atoms with Gasteiger partial charge in [0.15, 0.2) is 5.69 Å². The van der Waals surface area contributed by atoms with Crippen molar-refractivity contribution in [2.75, 3.05) is 16.8 Å². The molecule has 0 atom stereocenters. The third-order valence-electron chi connectivity index (χ3n) is 6.65. The third kappa shape index (κ3) is 4.23. The molecule has 1 aliphatic rings. The maximum Gasteiger partial charge on any atom is 0.276 e. The van der Waals surface area contributed by atoms with Crippen molar-refractivity contribution in [2.24, 2.45) is 0 Å². The number of carbonyl (C=O) groups excluding carboxylic acids is 2. The van der Waals surface area contributed by atoms with Crippen molar-refractivity contribution >= 4 is 34.1 Å². The van der Waals surface area contributed by atoms with Crippen LogP contribution in [0.1, 0.15) is 47.8 Å². The minimum Gasteiger partial charge on any atom is -0.321 e. The number of rotatable bonds is 6. The number of anilines is 2. The molecule has 4 aromatic rings. The minimum atomic E-state index is -2.62. The largest absolute Gasteiger partial charge is 0.321 e. The van der Waals surface area contributed by atoms with E-state index in [0.29, 0.717) is 13.0 Å². The molecule has 0 spiro atoms. The Bertz CT molecular complexity index is 1460. The van der Waals surface area contributed by atoms with Crippen LogP contribution in [-0.2, 0) is 11.3 Å². The number of nitrogens with zero attached hydrogens (tertiary/aromatic N) is 3. The lowest BCUT2D eigenvalue weighted by Gasteiger charge is -2.16. The van der Waals surface area contributed by atoms with Crippen molar-refractivity contribution in [3.05, 3.63) is 77.5 Å². The van der Waals surface area contributed by atoms with E-state index in [2.05, 4.69) is 10.4 Å². The van der Waals surface area contributed by atoms with Crippen molar-refractivity contribution in [3.63, 3.8) is 0 Å². The van der Waals surface area contributed by atoms with Gasteiger partial charge < -0.3 is 10.2 Å². The molecule has 3 aromatic carbocycles. The van der Waals surface area contributed by atoms with Crippen LogP contribution in [0.25, 0.3) is 22.0 Å². The first-order valence-electron chi connectivity index (χ1n) is 12.0. The predicted molar refractivity (Wildman–Crippen MR) is 137 cm³/mol. The molecule has 2 heterocycles. The molecule has 0 aliphatic carbocycles. The third-order valence-corrected chi connectivity index (χ3v) is 6.65. The summed E-state index contributed by atoms with van der Waals surface area (Å²) in [5.41, 5.74) is 4.88. The predicted octanol–water partition coefficient (Wildman–Crippen LogP) is 6.35. The van der Waals surface area contributed by atoms with Crippen LogP contribution in [-0.4, -0.2) is 28.1 Å². The van der Waals surface area contributed by atoms with Gasteiger partial charge in [-0.15, -0.1) is 0 Å². The quantitative estimate of drug-likeness (QED) is 0.344. The molecule has 1 fully saturated rings. The maximum atomic E-state index is 13.2. The summed E-state index contributed by atoms with van der Waals surface area (Å²) in [5, 5.41) is 7.99. The number of hydrogen-bond acceptors (Lipinski definition) is 3. The number of benzene rings is 3. The van der Waals surface area contributed by atoms with Crippen LogP contribution in [0.2, 0.25) is 0 Å². The van der Waals surface area contributed by atoms with Gasteiger partial charge in [0.2, 0.25) is 5.91 Å². The summed E-state index contributed by atoms with van der Waals surface area (Å²) < 4.78 is 28.0. The van der Waals surface area contributed by atoms with Gasteiger partial charge in [0.25, 0.3) is 12.3 Å². The lowest BCUT2D eigenvalue weighted by atomic mass is 9.96. The molecule has 0 radical (unpaired) electrons. The van der Waals surface area contributed by atoms with Gasteiger partial charge in [0.05, 0.1) is 5.52 Å². The van der Waals surface area contributed by atoms with E-state index in [9.17, 15) is 18.4 Å². The number of aryl methyl sites for hydroxylation is 2. The van der Waals surface area contributed by atoms with Crippen molar-refractivity contribution in [1.29, 1.82) is 0 Å². The van der Waals surface area contributed by atoms with Gasteiger partial charge in [-0.1, -0.05) is 30.3 Å². The Kier molecular flexibility index (Phi) is 6.26. The fourth-order valence-electron chi connectivity index (χ4n) is 4.83. The first kappa shape index (κ1) is 23.7. The van der Waals surface area contributed by atoms with Crippen LogP contribution < -0.4 is 10.2 Å². The molecule has 36 heavy (non-hydrogen) atoms. The molecule has 1 saturated heterocycles. The lowest BCUT2D eigenvalue weighted by Crippen LogP contribution is -2.23. The molecule has 2 amide bonds. The SMILES string of the molecule is CCn1nc(C(=O)Nc2cccc(C(F)F)c2)c2c(C)c(-c3ccc(N4CCCC4=O)cc3)ccc21. The Labute approximate surface area is 207 Å². The molecule has 8 heteroatoms. The summed E-state index contributed by atoms with van der Waals surface area (Å²) in [4.78, 5) is 27.1. The Morgan fingerprint density at radius 2 is 1.89 bits per heavy atom. The van der Waals surface area contributed by atoms with E-state index in [-0.39, 0.29) is 22.9 Å². The number of hydrogen-bond donors (Lipinski definition) is 1. The number of alkyl halides is 2. The summed E-state index contributed by atoms with van der Waals surface area (Å²) in [6, 6.07) is 17.5. The summed E-state index contributed by atoms with van der Waals surface area (Å²) in [5.74, 6) is -0.316. The highest BCUT2D eigenvalue weighted by molar-refractivity contribution is 6.13. The standard InChI is InChI=1S/C28H26F2N4O2/c1-3-34-23-14-13-22(18-9-11-21(12-10-18)33-15-5-8-24(33)35)17(2)25(23)26(32-34)28(36)31-20-7-4-6-19(16-20)27(29)30/h4,6-7,9-14,16,27H,3,5,8,15H2,1-2H3,(H,31,36). The van der Waals surface area contributed by atoms with E-state index >= 15 is 0 Å². The smallest absolute Gasteiger partial charge is 0.276 e. The van der Waals surface area contributed by atoms with Crippen LogP contribution in [0.15, 0.2) is 60.7 Å². The number of nitrogens with one attached hydrogen (secondary N) is 1. The van der Waals surface area contributed by atoms with Crippen LogP contribution in [0.5, 0.6) is 0 Å². The normalized spacial score (nSPS) is 13.7. The highest BCUT2D eigenvalue weighted by atomic mass is 19.3. The second-order valence-corrected chi connectivity index (χ2v) is 8.87. The molecule has 0 saturated carbocycles. The summed E-state index contributed by atoms with van der Waals surface area (Å²) in [6.45, 7) is 5.20. The van der Waals surface area contributed by atoms with E-state index in [4.69, 9.17) is 0 Å². The number of aromatic nitrogens is 2. The molecule has 1 N–H and O–H groups in total. The molecule has 6 nitrogen and oxygen atoms in total. The minimum absolute atomic E-state index is 0.141. The summed E-state index contributed by atoms with van der Waals surface area (Å²) >= 11 is 0. The van der Waals surface area contributed by atoms with E-state index in [1.165, 1.54) is 18.2 Å². The second-order valence-electron chi connectivity index (χ2n) is 8.87. The fourth-order valence-corrected chi connectivity index (χ4v) is 4.83. The molecule has 1 aromatic heterocycles. The number of carbonyl (C=O) groups is 2. The first-order valence-corrected chi connectivity index (χ1v) is 12.0. The van der Waals surface area contributed by atoms with E-state index < -0.39 is 12.3 Å². The summed E-state index contributed by atoms with van der Waals surface area (Å²) in [7, 11) is 0. The van der Waals surface area contributed by atoms with Gasteiger partial charge in [0, 0.05) is 41.8 Å². The zero-order chi connectivity index (χ0) is 25.4.